The van der Waals surface area contributed by atoms with Gasteiger partial charge in [0.15, 0.2) is 11.6 Å². The quantitative estimate of drug-likeness (QED) is 0.297. The number of nitrogens with zero attached hydrogens (tertiary/aromatic N) is 2. The highest BCUT2D eigenvalue weighted by atomic mass is 16.5. The summed E-state index contributed by atoms with van der Waals surface area (Å²) in [6, 6.07) is 19.5. The van der Waals surface area contributed by atoms with E-state index in [2.05, 4.69) is 10.1 Å². The summed E-state index contributed by atoms with van der Waals surface area (Å²) in [5.74, 6) is -0.887. The van der Waals surface area contributed by atoms with Crippen LogP contribution in [0.1, 0.15) is 76.9 Å². The third-order valence-electron chi connectivity index (χ3n) is 7.47. The van der Waals surface area contributed by atoms with Gasteiger partial charge in [0.05, 0.1) is 23.3 Å². The maximum Gasteiger partial charge on any atom is 0.305 e. The monoisotopic (exact) mass is 526 g/mol. The molecule has 200 valence electrons. The van der Waals surface area contributed by atoms with Crippen LogP contribution in [0.5, 0.6) is 0 Å². The minimum atomic E-state index is -0.981. The molecule has 0 bridgehead atoms. The lowest BCUT2D eigenvalue weighted by molar-refractivity contribution is -0.136. The first-order chi connectivity index (χ1) is 18.9. The van der Waals surface area contributed by atoms with Crippen LogP contribution >= 0.6 is 0 Å². The molecule has 8 nitrogen and oxygen atoms in total. The summed E-state index contributed by atoms with van der Waals surface area (Å²) in [5.41, 5.74) is 3.61. The minimum absolute atomic E-state index is 0.0180. The van der Waals surface area contributed by atoms with E-state index < -0.39 is 5.97 Å². The van der Waals surface area contributed by atoms with Crippen LogP contribution in [0.2, 0.25) is 0 Å². The second-order valence-electron chi connectivity index (χ2n) is 10.1. The molecule has 0 amide bonds. The SMILES string of the molecule is O=C(O)CCN=C1CC(c2ccccc2)CC(=O)/C1=C(/O)CCc1noc2c1C(=O)CC(c1ccccc1)C2. The fourth-order valence-corrected chi connectivity index (χ4v) is 5.55. The number of carboxylic acid groups (broad SMARTS) is 1. The molecule has 2 atom stereocenters. The summed E-state index contributed by atoms with van der Waals surface area (Å²) >= 11 is 0. The van der Waals surface area contributed by atoms with Crippen molar-refractivity contribution >= 4 is 23.2 Å². The number of hydrogen-bond acceptors (Lipinski definition) is 7. The van der Waals surface area contributed by atoms with E-state index in [1.54, 1.807) is 0 Å². The van der Waals surface area contributed by atoms with Crippen molar-refractivity contribution in [1.29, 1.82) is 0 Å². The van der Waals surface area contributed by atoms with Gasteiger partial charge >= 0.3 is 5.97 Å². The van der Waals surface area contributed by atoms with E-state index in [1.807, 2.05) is 60.7 Å². The second-order valence-corrected chi connectivity index (χ2v) is 10.1. The Labute approximate surface area is 226 Å². The van der Waals surface area contributed by atoms with Crippen molar-refractivity contribution in [2.45, 2.75) is 56.8 Å². The molecule has 2 N–H and O–H groups in total. The number of aliphatic hydroxyl groups excluding tert-OH is 1. The molecule has 39 heavy (non-hydrogen) atoms. The zero-order valence-electron chi connectivity index (χ0n) is 21.5. The average Bonchev–Trinajstić information content (AvgIpc) is 3.36. The van der Waals surface area contributed by atoms with Crippen LogP contribution in [-0.4, -0.2) is 45.2 Å². The van der Waals surface area contributed by atoms with Crippen LogP contribution in [0.3, 0.4) is 0 Å². The van der Waals surface area contributed by atoms with Gasteiger partial charge in [0.25, 0.3) is 0 Å². The zero-order chi connectivity index (χ0) is 27.4. The molecule has 1 saturated carbocycles. The number of carboxylic acids is 1. The van der Waals surface area contributed by atoms with Crippen molar-refractivity contribution in [3.05, 3.63) is 100 Å². The third-order valence-corrected chi connectivity index (χ3v) is 7.47. The first-order valence-electron chi connectivity index (χ1n) is 13.2. The van der Waals surface area contributed by atoms with Crippen molar-refractivity contribution in [3.63, 3.8) is 0 Å². The molecule has 1 aromatic heterocycles. The second kappa shape index (κ2) is 11.6. The van der Waals surface area contributed by atoms with Gasteiger partial charge in [-0.3, -0.25) is 19.4 Å². The van der Waals surface area contributed by atoms with Crippen LogP contribution in [0.4, 0.5) is 0 Å². The van der Waals surface area contributed by atoms with E-state index in [4.69, 9.17) is 9.63 Å². The third kappa shape index (κ3) is 5.90. The van der Waals surface area contributed by atoms with Crippen LogP contribution in [0, 0.1) is 0 Å². The topological polar surface area (TPSA) is 130 Å². The average molecular weight is 527 g/mol. The van der Waals surface area contributed by atoms with Crippen molar-refractivity contribution in [1.82, 2.24) is 5.16 Å². The largest absolute Gasteiger partial charge is 0.511 e. The Morgan fingerprint density at radius 1 is 0.846 bits per heavy atom. The first-order valence-corrected chi connectivity index (χ1v) is 13.2. The predicted octanol–water partition coefficient (Wildman–Crippen LogP) is 5.39. The summed E-state index contributed by atoms with van der Waals surface area (Å²) in [6.45, 7) is 0.0180. The fraction of sp³-hybridized carbons (Fsp3) is 0.323. The predicted molar refractivity (Wildman–Crippen MR) is 144 cm³/mol. The lowest BCUT2D eigenvalue weighted by Gasteiger charge is -2.26. The van der Waals surface area contributed by atoms with Crippen LogP contribution in [-0.2, 0) is 22.4 Å². The van der Waals surface area contributed by atoms with Gasteiger partial charge in [-0.25, -0.2) is 0 Å². The van der Waals surface area contributed by atoms with Crippen LogP contribution < -0.4 is 0 Å². The lowest BCUT2D eigenvalue weighted by atomic mass is 9.78. The smallest absolute Gasteiger partial charge is 0.305 e. The maximum absolute atomic E-state index is 13.2. The number of ketones is 2. The number of aryl methyl sites for hydroxylation is 1. The number of benzene rings is 2. The molecular formula is C31H30N2O6. The number of carbonyl (C=O) groups excluding carboxylic acids is 2. The van der Waals surface area contributed by atoms with E-state index in [9.17, 15) is 19.5 Å². The van der Waals surface area contributed by atoms with Crippen molar-refractivity contribution < 1.29 is 29.1 Å². The van der Waals surface area contributed by atoms with Gasteiger partial charge in [-0.1, -0.05) is 65.8 Å². The molecule has 2 unspecified atom stereocenters. The summed E-state index contributed by atoms with van der Waals surface area (Å²) in [6.07, 6.45) is 1.73. The molecule has 3 aromatic rings. The molecule has 2 aromatic carbocycles. The van der Waals surface area contributed by atoms with Gasteiger partial charge in [-0.2, -0.15) is 0 Å². The molecule has 0 saturated heterocycles. The van der Waals surface area contributed by atoms with E-state index in [-0.39, 0.29) is 67.0 Å². The van der Waals surface area contributed by atoms with Gasteiger partial charge in [-0.15, -0.1) is 0 Å². The maximum atomic E-state index is 13.2. The zero-order valence-corrected chi connectivity index (χ0v) is 21.5. The first kappa shape index (κ1) is 26.3. The van der Waals surface area contributed by atoms with E-state index in [0.717, 1.165) is 11.1 Å². The normalized spacial score (nSPS) is 21.6. The summed E-state index contributed by atoms with van der Waals surface area (Å²) < 4.78 is 5.55. The Morgan fingerprint density at radius 3 is 2.10 bits per heavy atom. The number of allylic oxidation sites excluding steroid dienone is 2. The highest BCUT2D eigenvalue weighted by Gasteiger charge is 2.34. The summed E-state index contributed by atoms with van der Waals surface area (Å²) in [7, 11) is 0. The number of aliphatic imine (C=N–C) groups is 1. The van der Waals surface area contributed by atoms with Gasteiger partial charge in [-0.05, 0) is 29.4 Å². The lowest BCUT2D eigenvalue weighted by Crippen LogP contribution is -2.27. The number of aliphatic hydroxyl groups is 1. The Morgan fingerprint density at radius 2 is 1.46 bits per heavy atom. The molecule has 0 radical (unpaired) electrons. The van der Waals surface area contributed by atoms with Crippen molar-refractivity contribution in [2.75, 3.05) is 6.54 Å². The Balaban J connectivity index is 1.35. The summed E-state index contributed by atoms with van der Waals surface area (Å²) in [4.78, 5) is 41.8. The molecule has 5 rings (SSSR count). The van der Waals surface area contributed by atoms with E-state index in [1.165, 1.54) is 0 Å². The van der Waals surface area contributed by atoms with E-state index in [0.29, 0.717) is 42.0 Å². The van der Waals surface area contributed by atoms with Crippen LogP contribution in [0.25, 0.3) is 0 Å². The van der Waals surface area contributed by atoms with Gasteiger partial charge < -0.3 is 14.7 Å². The van der Waals surface area contributed by atoms with Gasteiger partial charge in [0, 0.05) is 44.4 Å². The Kier molecular flexibility index (Phi) is 7.81. The summed E-state index contributed by atoms with van der Waals surface area (Å²) in [5, 5.41) is 24.2. The van der Waals surface area contributed by atoms with Gasteiger partial charge in [0.1, 0.15) is 11.5 Å². The van der Waals surface area contributed by atoms with Crippen LogP contribution in [0.15, 0.2) is 81.5 Å². The Hall–Kier alpha value is -4.33. The molecule has 2 aliphatic rings. The molecule has 0 spiro atoms. The van der Waals surface area contributed by atoms with Gasteiger partial charge in [0.2, 0.25) is 0 Å². The number of aliphatic carboxylic acids is 1. The molecule has 8 heteroatoms. The molecule has 1 fully saturated rings. The molecular weight excluding hydrogens is 496 g/mol. The molecule has 1 heterocycles. The van der Waals surface area contributed by atoms with Crippen molar-refractivity contribution in [3.8, 4) is 0 Å². The fourth-order valence-electron chi connectivity index (χ4n) is 5.55. The Bertz CT molecular complexity index is 1440. The standard InChI is InChI=1S/C31H30N2O6/c34-25(12-11-23-31-27(36)17-22(18-28(31)39-33-23)20-9-5-2-6-10-20)30-24(32-14-13-29(37)38)15-21(16-26(30)35)19-7-3-1-4-8-19/h1-10,21-22,34H,11-18H2,(H,37,38)/b30-25+,32-24?. The number of aromatic nitrogens is 1. The van der Waals surface area contributed by atoms with E-state index >= 15 is 0 Å². The highest BCUT2D eigenvalue weighted by molar-refractivity contribution is 6.24. The number of fused-ring (bicyclic) bond motifs is 1. The molecule has 2 aliphatic carbocycles. The molecule has 0 aliphatic heterocycles. The number of rotatable bonds is 8. The van der Waals surface area contributed by atoms with Crippen molar-refractivity contribution in [2.24, 2.45) is 4.99 Å². The number of Topliss-reactive ketones (excluding diaryl/α,β-unsaturated/α-hetero) is 2. The highest BCUT2D eigenvalue weighted by Crippen LogP contribution is 2.36. The number of carbonyl (C=O) groups is 3. The minimum Gasteiger partial charge on any atom is -0.511 e. The number of hydrogen-bond donors (Lipinski definition) is 2.